The fraction of sp³-hybridized carbons (Fsp3) is 0.400. The Hall–Kier alpha value is -0.740. The van der Waals surface area contributed by atoms with E-state index in [-0.39, 0.29) is 11.3 Å². The van der Waals surface area contributed by atoms with Crippen LogP contribution in [0.3, 0.4) is 0 Å². The van der Waals surface area contributed by atoms with E-state index in [4.69, 9.17) is 16.3 Å². The van der Waals surface area contributed by atoms with Gasteiger partial charge < -0.3 is 4.74 Å². The van der Waals surface area contributed by atoms with E-state index in [1.807, 2.05) is 13.2 Å². The smallest absolute Gasteiger partial charge is 0.341 e. The number of pyridine rings is 1. The third-order valence-electron chi connectivity index (χ3n) is 1.69. The average molecular weight is 246 g/mol. The minimum atomic E-state index is -0.422. The monoisotopic (exact) mass is 245 g/mol. The van der Waals surface area contributed by atoms with Crippen LogP contribution in [0, 0.1) is 0 Å². The highest BCUT2D eigenvalue weighted by molar-refractivity contribution is 7.98. The van der Waals surface area contributed by atoms with Gasteiger partial charge in [0.2, 0.25) is 0 Å². The lowest BCUT2D eigenvalue weighted by atomic mass is 10.3. The molecule has 1 aromatic rings. The summed E-state index contributed by atoms with van der Waals surface area (Å²) in [7, 11) is 0. The Balaban J connectivity index is 2.65. The minimum absolute atomic E-state index is 0.122. The Morgan fingerprint density at radius 1 is 1.73 bits per heavy atom. The zero-order valence-corrected chi connectivity index (χ0v) is 10.1. The van der Waals surface area contributed by atoms with Gasteiger partial charge >= 0.3 is 5.97 Å². The van der Waals surface area contributed by atoms with Crippen molar-refractivity contribution in [1.29, 1.82) is 0 Å². The van der Waals surface area contributed by atoms with E-state index >= 15 is 0 Å². The van der Waals surface area contributed by atoms with E-state index in [1.165, 1.54) is 6.20 Å². The molecule has 0 aliphatic heterocycles. The van der Waals surface area contributed by atoms with Crippen molar-refractivity contribution in [3.63, 3.8) is 0 Å². The lowest BCUT2D eigenvalue weighted by Crippen LogP contribution is -2.17. The molecule has 82 valence electrons. The van der Waals surface area contributed by atoms with Crippen LogP contribution < -0.4 is 0 Å². The molecule has 0 saturated heterocycles. The van der Waals surface area contributed by atoms with Crippen molar-refractivity contribution < 1.29 is 9.53 Å². The van der Waals surface area contributed by atoms with Crippen LogP contribution in [-0.2, 0) is 4.74 Å². The molecule has 0 aromatic carbocycles. The Kier molecular flexibility index (Phi) is 4.91. The van der Waals surface area contributed by atoms with Crippen LogP contribution >= 0.6 is 23.4 Å². The first kappa shape index (κ1) is 12.3. The average Bonchev–Trinajstić information content (AvgIpc) is 2.18. The third kappa shape index (κ3) is 3.72. The number of carbonyl (C=O) groups excluding carboxylic acids is 1. The molecular formula is C10H12ClNO2S. The van der Waals surface area contributed by atoms with Crippen molar-refractivity contribution in [1.82, 2.24) is 4.98 Å². The topological polar surface area (TPSA) is 39.2 Å². The lowest BCUT2D eigenvalue weighted by Gasteiger charge is -2.11. The Morgan fingerprint density at radius 2 is 2.47 bits per heavy atom. The molecule has 0 fully saturated rings. The number of ether oxygens (including phenoxy) is 1. The van der Waals surface area contributed by atoms with Crippen molar-refractivity contribution in [3.05, 3.63) is 29.0 Å². The zero-order valence-electron chi connectivity index (χ0n) is 8.57. The molecule has 0 N–H and O–H groups in total. The van der Waals surface area contributed by atoms with Gasteiger partial charge in [-0.2, -0.15) is 11.8 Å². The molecule has 0 radical (unpaired) electrons. The molecule has 0 amide bonds. The van der Waals surface area contributed by atoms with Crippen LogP contribution in [0.15, 0.2) is 18.3 Å². The standard InChI is InChI=1S/C10H12ClNO2S/c1-7(6-15-2)14-10(13)8-4-3-5-12-9(8)11/h3-5,7H,6H2,1-2H3/t7-/m1/s1. The number of rotatable bonds is 4. The van der Waals surface area contributed by atoms with Crippen LogP contribution in [0.5, 0.6) is 0 Å². The Labute approximate surface area is 98.2 Å². The molecule has 0 aliphatic rings. The van der Waals surface area contributed by atoms with Gasteiger partial charge in [0.1, 0.15) is 11.3 Å². The Morgan fingerprint density at radius 3 is 3.07 bits per heavy atom. The van der Waals surface area contributed by atoms with Crippen molar-refractivity contribution in [2.45, 2.75) is 13.0 Å². The van der Waals surface area contributed by atoms with E-state index in [1.54, 1.807) is 23.9 Å². The summed E-state index contributed by atoms with van der Waals surface area (Å²) in [5, 5.41) is 0.179. The second-order valence-corrected chi connectivity index (χ2v) is 4.28. The molecule has 1 rings (SSSR count). The third-order valence-corrected chi connectivity index (χ3v) is 2.79. The molecule has 3 nitrogen and oxygen atoms in total. The molecule has 15 heavy (non-hydrogen) atoms. The highest BCUT2D eigenvalue weighted by Crippen LogP contribution is 2.14. The largest absolute Gasteiger partial charge is 0.458 e. The number of nitrogens with zero attached hydrogens (tertiary/aromatic N) is 1. The van der Waals surface area contributed by atoms with E-state index in [2.05, 4.69) is 4.98 Å². The maximum absolute atomic E-state index is 11.6. The van der Waals surface area contributed by atoms with Crippen LogP contribution in [0.25, 0.3) is 0 Å². The molecule has 1 aromatic heterocycles. The maximum Gasteiger partial charge on any atom is 0.341 e. The Bertz CT molecular complexity index is 346. The quantitative estimate of drug-likeness (QED) is 0.604. The van der Waals surface area contributed by atoms with Gasteiger partial charge in [0, 0.05) is 11.9 Å². The van der Waals surface area contributed by atoms with Gasteiger partial charge in [-0.1, -0.05) is 11.6 Å². The highest BCUT2D eigenvalue weighted by Gasteiger charge is 2.14. The predicted octanol–water partition coefficient (Wildman–Crippen LogP) is 2.64. The molecule has 0 bridgehead atoms. The summed E-state index contributed by atoms with van der Waals surface area (Å²) in [6.07, 6.45) is 3.37. The summed E-state index contributed by atoms with van der Waals surface area (Å²) < 4.78 is 5.17. The summed E-state index contributed by atoms with van der Waals surface area (Å²) in [6.45, 7) is 1.85. The first-order chi connectivity index (χ1) is 7.15. The lowest BCUT2D eigenvalue weighted by molar-refractivity contribution is 0.0386. The van der Waals surface area contributed by atoms with Gasteiger partial charge in [-0.3, -0.25) is 0 Å². The summed E-state index contributed by atoms with van der Waals surface area (Å²) in [5.74, 6) is 0.346. The first-order valence-electron chi connectivity index (χ1n) is 4.45. The van der Waals surface area contributed by atoms with E-state index < -0.39 is 5.97 Å². The normalized spacial score (nSPS) is 12.2. The number of aromatic nitrogens is 1. The fourth-order valence-corrected chi connectivity index (χ4v) is 1.79. The van der Waals surface area contributed by atoms with Crippen LogP contribution in [-0.4, -0.2) is 29.1 Å². The summed E-state index contributed by atoms with van der Waals surface area (Å²) >= 11 is 7.39. The van der Waals surface area contributed by atoms with Gasteiger partial charge in [0.15, 0.2) is 0 Å². The molecular weight excluding hydrogens is 234 g/mol. The SMILES string of the molecule is CSC[C@@H](C)OC(=O)c1cccnc1Cl. The van der Waals surface area contributed by atoms with Crippen LogP contribution in [0.2, 0.25) is 5.15 Å². The summed E-state index contributed by atoms with van der Waals surface area (Å²) in [4.78, 5) is 15.4. The number of halogens is 1. The van der Waals surface area contributed by atoms with Crippen LogP contribution in [0.1, 0.15) is 17.3 Å². The number of hydrogen-bond donors (Lipinski definition) is 0. The van der Waals surface area contributed by atoms with Crippen molar-refractivity contribution >= 4 is 29.3 Å². The summed E-state index contributed by atoms with van der Waals surface area (Å²) in [5.41, 5.74) is 0.312. The van der Waals surface area contributed by atoms with Gasteiger partial charge in [-0.05, 0) is 25.3 Å². The van der Waals surface area contributed by atoms with Crippen molar-refractivity contribution in [3.8, 4) is 0 Å². The predicted molar refractivity (Wildman–Crippen MR) is 62.5 cm³/mol. The highest BCUT2D eigenvalue weighted by atomic mass is 35.5. The van der Waals surface area contributed by atoms with Crippen LogP contribution in [0.4, 0.5) is 0 Å². The molecule has 0 unspecified atom stereocenters. The van der Waals surface area contributed by atoms with E-state index in [0.29, 0.717) is 5.56 Å². The molecule has 1 heterocycles. The van der Waals surface area contributed by atoms with Crippen molar-refractivity contribution in [2.24, 2.45) is 0 Å². The maximum atomic E-state index is 11.6. The second-order valence-electron chi connectivity index (χ2n) is 3.01. The molecule has 0 saturated carbocycles. The minimum Gasteiger partial charge on any atom is -0.458 e. The summed E-state index contributed by atoms with van der Waals surface area (Å²) in [6, 6.07) is 3.26. The molecule has 0 spiro atoms. The van der Waals surface area contributed by atoms with E-state index in [0.717, 1.165) is 5.75 Å². The zero-order chi connectivity index (χ0) is 11.3. The second kappa shape index (κ2) is 5.98. The number of hydrogen-bond acceptors (Lipinski definition) is 4. The van der Waals surface area contributed by atoms with Gasteiger partial charge in [0.05, 0.1) is 5.56 Å². The molecule has 1 atom stereocenters. The fourth-order valence-electron chi connectivity index (χ4n) is 1.05. The first-order valence-corrected chi connectivity index (χ1v) is 6.22. The van der Waals surface area contributed by atoms with E-state index in [9.17, 15) is 4.79 Å². The van der Waals surface area contributed by atoms with Crippen molar-refractivity contribution in [2.75, 3.05) is 12.0 Å². The number of thioether (sulfide) groups is 1. The number of esters is 1. The van der Waals surface area contributed by atoms with Gasteiger partial charge in [0.25, 0.3) is 0 Å². The molecule has 0 aliphatic carbocycles. The molecule has 5 heteroatoms. The van der Waals surface area contributed by atoms with Gasteiger partial charge in [-0.25, -0.2) is 9.78 Å². The number of carbonyl (C=O) groups is 1. The van der Waals surface area contributed by atoms with Gasteiger partial charge in [-0.15, -0.1) is 0 Å².